The number of likely N-dealkylation sites (tertiary alicyclic amines) is 1. The predicted octanol–water partition coefficient (Wildman–Crippen LogP) is 4.31. The van der Waals surface area contributed by atoms with E-state index in [1.807, 2.05) is 32.9 Å². The monoisotopic (exact) mass is 393 g/mol. The molecule has 0 saturated carbocycles. The predicted molar refractivity (Wildman–Crippen MR) is 100 cm³/mol. The largest absolute Gasteiger partial charge is 0.444 e. The second-order valence-corrected chi connectivity index (χ2v) is 7.94. The Morgan fingerprint density at radius 2 is 2.07 bits per heavy atom. The molecule has 1 saturated heterocycles. The van der Waals surface area contributed by atoms with Gasteiger partial charge in [0.15, 0.2) is 5.82 Å². The fourth-order valence-electron chi connectivity index (χ4n) is 2.78. The molecular weight excluding hydrogens is 370 g/mol. The SMILES string of the molecule is CC(C)(C)OC(=O)N1CCC(OCc2noc(-c3cccc(Cl)c3)n2)CC1. The first-order chi connectivity index (χ1) is 12.8. The lowest BCUT2D eigenvalue weighted by atomic mass is 10.1. The standard InChI is InChI=1S/C19H24ClN3O4/c1-19(2,3)26-18(24)23-9-7-15(8-10-23)25-12-16-21-17(27-22-16)13-5-4-6-14(20)11-13/h4-6,11,15H,7-10,12H2,1-3H3. The van der Waals surface area contributed by atoms with Gasteiger partial charge < -0.3 is 18.9 Å². The number of rotatable bonds is 4. The summed E-state index contributed by atoms with van der Waals surface area (Å²) in [5.74, 6) is 0.899. The van der Waals surface area contributed by atoms with Crippen molar-refractivity contribution in [2.45, 2.75) is 51.9 Å². The third kappa shape index (κ3) is 5.68. The highest BCUT2D eigenvalue weighted by Crippen LogP contribution is 2.22. The van der Waals surface area contributed by atoms with E-state index in [0.29, 0.717) is 29.8 Å². The van der Waals surface area contributed by atoms with Crippen molar-refractivity contribution in [1.29, 1.82) is 0 Å². The van der Waals surface area contributed by atoms with Crippen molar-refractivity contribution >= 4 is 17.7 Å². The zero-order valence-corrected chi connectivity index (χ0v) is 16.5. The Kier molecular flexibility index (Phi) is 6.01. The van der Waals surface area contributed by atoms with Crippen molar-refractivity contribution in [2.24, 2.45) is 0 Å². The van der Waals surface area contributed by atoms with Gasteiger partial charge in [-0.3, -0.25) is 0 Å². The molecule has 0 aliphatic carbocycles. The molecule has 1 aliphatic heterocycles. The van der Waals surface area contributed by atoms with Crippen molar-refractivity contribution in [3.8, 4) is 11.5 Å². The number of amides is 1. The number of halogens is 1. The first-order valence-corrected chi connectivity index (χ1v) is 9.36. The molecule has 8 heteroatoms. The van der Waals surface area contributed by atoms with Crippen LogP contribution in [0.5, 0.6) is 0 Å². The number of ether oxygens (including phenoxy) is 2. The van der Waals surface area contributed by atoms with Crippen LogP contribution >= 0.6 is 11.6 Å². The maximum atomic E-state index is 12.1. The van der Waals surface area contributed by atoms with Crippen LogP contribution in [0.1, 0.15) is 39.4 Å². The van der Waals surface area contributed by atoms with E-state index in [0.717, 1.165) is 18.4 Å². The van der Waals surface area contributed by atoms with Gasteiger partial charge in [-0.25, -0.2) is 4.79 Å². The summed E-state index contributed by atoms with van der Waals surface area (Å²) in [6.45, 7) is 7.08. The maximum Gasteiger partial charge on any atom is 0.410 e. The second-order valence-electron chi connectivity index (χ2n) is 7.50. The molecule has 1 aromatic heterocycles. The van der Waals surface area contributed by atoms with Gasteiger partial charge in [0.1, 0.15) is 12.2 Å². The molecule has 146 valence electrons. The summed E-state index contributed by atoms with van der Waals surface area (Å²) >= 11 is 5.98. The fourth-order valence-corrected chi connectivity index (χ4v) is 2.97. The molecular formula is C19H24ClN3O4. The van der Waals surface area contributed by atoms with Crippen LogP contribution in [0, 0.1) is 0 Å². The summed E-state index contributed by atoms with van der Waals surface area (Å²) in [7, 11) is 0. The number of piperidine rings is 1. The zero-order valence-electron chi connectivity index (χ0n) is 15.8. The van der Waals surface area contributed by atoms with E-state index in [9.17, 15) is 4.79 Å². The molecule has 0 radical (unpaired) electrons. The van der Waals surface area contributed by atoms with Crippen molar-refractivity contribution in [3.63, 3.8) is 0 Å². The molecule has 0 atom stereocenters. The van der Waals surface area contributed by atoms with Crippen molar-refractivity contribution in [3.05, 3.63) is 35.1 Å². The van der Waals surface area contributed by atoms with Gasteiger partial charge in [0.25, 0.3) is 5.89 Å². The number of carbonyl (C=O) groups excluding carboxylic acids is 1. The highest BCUT2D eigenvalue weighted by molar-refractivity contribution is 6.30. The Morgan fingerprint density at radius 1 is 1.33 bits per heavy atom. The van der Waals surface area contributed by atoms with Crippen LogP contribution in [-0.2, 0) is 16.1 Å². The van der Waals surface area contributed by atoms with E-state index < -0.39 is 5.60 Å². The summed E-state index contributed by atoms with van der Waals surface area (Å²) in [5.41, 5.74) is 0.288. The van der Waals surface area contributed by atoms with Crippen LogP contribution in [0.2, 0.25) is 5.02 Å². The van der Waals surface area contributed by atoms with E-state index in [1.165, 1.54) is 0 Å². The molecule has 0 N–H and O–H groups in total. The number of hydrogen-bond acceptors (Lipinski definition) is 6. The summed E-state index contributed by atoms with van der Waals surface area (Å²) in [4.78, 5) is 18.1. The number of nitrogens with zero attached hydrogens (tertiary/aromatic N) is 3. The third-order valence-electron chi connectivity index (χ3n) is 4.08. The van der Waals surface area contributed by atoms with Crippen LogP contribution in [0.4, 0.5) is 4.79 Å². The fraction of sp³-hybridized carbons (Fsp3) is 0.526. The van der Waals surface area contributed by atoms with Crippen molar-refractivity contribution < 1.29 is 18.8 Å². The van der Waals surface area contributed by atoms with Crippen LogP contribution in [-0.4, -0.2) is 45.9 Å². The molecule has 2 aromatic rings. The highest BCUT2D eigenvalue weighted by Gasteiger charge is 2.27. The normalized spacial score (nSPS) is 15.8. The van der Waals surface area contributed by atoms with Gasteiger partial charge in [-0.1, -0.05) is 22.8 Å². The van der Waals surface area contributed by atoms with Crippen LogP contribution in [0.15, 0.2) is 28.8 Å². The van der Waals surface area contributed by atoms with E-state index in [1.54, 1.807) is 17.0 Å². The summed E-state index contributed by atoms with van der Waals surface area (Å²) in [5, 5.41) is 4.56. The van der Waals surface area contributed by atoms with Gasteiger partial charge in [-0.2, -0.15) is 4.98 Å². The lowest BCUT2D eigenvalue weighted by Gasteiger charge is -2.33. The highest BCUT2D eigenvalue weighted by atomic mass is 35.5. The van der Waals surface area contributed by atoms with E-state index >= 15 is 0 Å². The average Bonchev–Trinajstić information content (AvgIpc) is 3.08. The van der Waals surface area contributed by atoms with Gasteiger partial charge in [0, 0.05) is 23.7 Å². The van der Waals surface area contributed by atoms with E-state index in [2.05, 4.69) is 10.1 Å². The summed E-state index contributed by atoms with van der Waals surface area (Å²) < 4.78 is 16.6. The minimum atomic E-state index is -0.482. The molecule has 0 unspecified atom stereocenters. The first-order valence-electron chi connectivity index (χ1n) is 8.98. The molecule has 1 amide bonds. The van der Waals surface area contributed by atoms with Gasteiger partial charge in [-0.15, -0.1) is 0 Å². The lowest BCUT2D eigenvalue weighted by molar-refractivity contribution is -0.0190. The Bertz CT molecular complexity index is 779. The Hall–Kier alpha value is -2.12. The van der Waals surface area contributed by atoms with Crippen molar-refractivity contribution in [1.82, 2.24) is 15.0 Å². The number of hydrogen-bond donors (Lipinski definition) is 0. The quantitative estimate of drug-likeness (QED) is 0.770. The summed E-state index contributed by atoms with van der Waals surface area (Å²) in [6, 6.07) is 7.24. The first kappa shape index (κ1) is 19.6. The Labute approximate surface area is 163 Å². The van der Waals surface area contributed by atoms with Gasteiger partial charge >= 0.3 is 6.09 Å². The third-order valence-corrected chi connectivity index (χ3v) is 4.32. The average molecular weight is 394 g/mol. The minimum Gasteiger partial charge on any atom is -0.444 e. The Morgan fingerprint density at radius 3 is 2.74 bits per heavy atom. The van der Waals surface area contributed by atoms with Gasteiger partial charge in [0.2, 0.25) is 0 Å². The van der Waals surface area contributed by atoms with Gasteiger partial charge in [-0.05, 0) is 51.8 Å². The molecule has 0 bridgehead atoms. The molecule has 1 aliphatic rings. The van der Waals surface area contributed by atoms with Crippen molar-refractivity contribution in [2.75, 3.05) is 13.1 Å². The molecule has 1 aromatic carbocycles. The Balaban J connectivity index is 1.46. The van der Waals surface area contributed by atoms with Crippen LogP contribution in [0.3, 0.4) is 0 Å². The topological polar surface area (TPSA) is 77.7 Å². The number of carbonyl (C=O) groups is 1. The zero-order chi connectivity index (χ0) is 19.4. The smallest absolute Gasteiger partial charge is 0.410 e. The summed E-state index contributed by atoms with van der Waals surface area (Å²) in [6.07, 6.45) is 1.28. The molecule has 7 nitrogen and oxygen atoms in total. The molecule has 27 heavy (non-hydrogen) atoms. The number of aromatic nitrogens is 2. The molecule has 2 heterocycles. The minimum absolute atomic E-state index is 0.0526. The second kappa shape index (κ2) is 8.27. The van der Waals surface area contributed by atoms with Gasteiger partial charge in [0.05, 0.1) is 6.10 Å². The lowest BCUT2D eigenvalue weighted by Crippen LogP contribution is -2.43. The molecule has 3 rings (SSSR count). The van der Waals surface area contributed by atoms with Crippen LogP contribution in [0.25, 0.3) is 11.5 Å². The molecule has 0 spiro atoms. The van der Waals surface area contributed by atoms with E-state index in [-0.39, 0.29) is 18.8 Å². The number of benzene rings is 1. The van der Waals surface area contributed by atoms with Crippen LogP contribution < -0.4 is 0 Å². The maximum absolute atomic E-state index is 12.1. The molecule has 1 fully saturated rings. The van der Waals surface area contributed by atoms with E-state index in [4.69, 9.17) is 25.6 Å².